The van der Waals surface area contributed by atoms with E-state index in [0.29, 0.717) is 0 Å². The highest BCUT2D eigenvalue weighted by Crippen LogP contribution is 2.15. The van der Waals surface area contributed by atoms with Gasteiger partial charge in [-0.2, -0.15) is 0 Å². The molecule has 0 saturated carbocycles. The summed E-state index contributed by atoms with van der Waals surface area (Å²) in [5, 5.41) is 0.990. The summed E-state index contributed by atoms with van der Waals surface area (Å²) in [6, 6.07) is 0. The number of hydrogen-bond acceptors (Lipinski definition) is 4. The first-order chi connectivity index (χ1) is 5.05. The molecule has 0 spiro atoms. The van der Waals surface area contributed by atoms with Gasteiger partial charge in [0.25, 0.3) is 0 Å². The lowest BCUT2D eigenvalue weighted by atomic mass is 10.1. The highest BCUT2D eigenvalue weighted by atomic mass is 17.2. The Morgan fingerprint density at radius 3 is 1.91 bits per heavy atom. The van der Waals surface area contributed by atoms with Crippen LogP contribution in [0.5, 0.6) is 0 Å². The summed E-state index contributed by atoms with van der Waals surface area (Å²) < 4.78 is 0. The van der Waals surface area contributed by atoms with Gasteiger partial charge in [-0.05, 0) is 20.3 Å². The second-order valence-electron chi connectivity index (χ2n) is 2.79. The minimum Gasteiger partial charge on any atom is -0.254 e. The van der Waals surface area contributed by atoms with Crippen molar-refractivity contribution < 1.29 is 14.5 Å². The predicted molar refractivity (Wildman–Crippen MR) is 41.3 cm³/mol. The van der Waals surface area contributed by atoms with Gasteiger partial charge in [-0.3, -0.25) is 9.68 Å². The van der Waals surface area contributed by atoms with Crippen LogP contribution in [0, 0.1) is 0 Å². The Morgan fingerprint density at radius 1 is 1.18 bits per heavy atom. The molecule has 0 unspecified atom stereocenters. The molecule has 0 bridgehead atoms. The topological polar surface area (TPSA) is 30.9 Å². The molecule has 0 aromatic carbocycles. The van der Waals surface area contributed by atoms with Gasteiger partial charge in [-0.1, -0.05) is 6.92 Å². The lowest BCUT2D eigenvalue weighted by Crippen LogP contribution is -2.34. The molecule has 0 atom stereocenters. The molecule has 0 amide bonds. The van der Waals surface area contributed by atoms with Crippen LogP contribution in [-0.2, 0) is 14.5 Å². The van der Waals surface area contributed by atoms with Crippen molar-refractivity contribution in [3.63, 3.8) is 0 Å². The minimum absolute atomic E-state index is 0.258. The average molecular weight is 163 g/mol. The Kier molecular flexibility index (Phi) is 4.60. The van der Waals surface area contributed by atoms with Crippen LogP contribution in [0.15, 0.2) is 0 Å². The van der Waals surface area contributed by atoms with Crippen molar-refractivity contribution >= 4 is 0 Å². The largest absolute Gasteiger partial charge is 0.254 e. The van der Waals surface area contributed by atoms with Crippen LogP contribution in [0.3, 0.4) is 0 Å². The van der Waals surface area contributed by atoms with E-state index in [9.17, 15) is 0 Å². The standard InChI is InChI=1S/C7H17NO3/c1-6-7(2,3)11-8(9-4)10-5/h6H2,1-5H3. The van der Waals surface area contributed by atoms with Crippen LogP contribution in [0.2, 0.25) is 0 Å². The van der Waals surface area contributed by atoms with E-state index in [1.165, 1.54) is 14.2 Å². The van der Waals surface area contributed by atoms with E-state index >= 15 is 0 Å². The number of nitrogens with zero attached hydrogens (tertiary/aromatic N) is 1. The molecule has 0 aromatic heterocycles. The van der Waals surface area contributed by atoms with Crippen LogP contribution < -0.4 is 0 Å². The fourth-order valence-electron chi connectivity index (χ4n) is 0.415. The van der Waals surface area contributed by atoms with E-state index in [1.54, 1.807) is 0 Å². The maximum Gasteiger partial charge on any atom is 0.0892 e. The summed E-state index contributed by atoms with van der Waals surface area (Å²) in [7, 11) is 2.96. The van der Waals surface area contributed by atoms with Crippen molar-refractivity contribution in [1.82, 2.24) is 5.39 Å². The molecule has 0 saturated heterocycles. The van der Waals surface area contributed by atoms with Gasteiger partial charge in [-0.15, -0.1) is 0 Å². The molecule has 4 nitrogen and oxygen atoms in total. The summed E-state index contributed by atoms with van der Waals surface area (Å²) in [6.07, 6.45) is 0.885. The molecule has 4 heteroatoms. The average Bonchev–Trinajstić information content (AvgIpc) is 2.00. The van der Waals surface area contributed by atoms with Gasteiger partial charge in [0.2, 0.25) is 0 Å². The Morgan fingerprint density at radius 2 is 1.64 bits per heavy atom. The third-order valence-electron chi connectivity index (χ3n) is 1.47. The van der Waals surface area contributed by atoms with Gasteiger partial charge in [0.15, 0.2) is 0 Å². The summed E-state index contributed by atoms with van der Waals surface area (Å²) >= 11 is 0. The van der Waals surface area contributed by atoms with Crippen LogP contribution in [0.25, 0.3) is 0 Å². The molecule has 0 aliphatic rings. The molecule has 68 valence electrons. The maximum atomic E-state index is 5.27. The van der Waals surface area contributed by atoms with Crippen molar-refractivity contribution in [2.24, 2.45) is 0 Å². The van der Waals surface area contributed by atoms with E-state index in [1.807, 2.05) is 20.8 Å². The SMILES string of the molecule is CCC(C)(C)ON(OC)OC. The summed E-state index contributed by atoms with van der Waals surface area (Å²) in [5.41, 5.74) is -0.258. The van der Waals surface area contributed by atoms with E-state index < -0.39 is 0 Å². The fraction of sp³-hybridized carbons (Fsp3) is 1.00. The molecular weight excluding hydrogens is 146 g/mol. The van der Waals surface area contributed by atoms with Crippen molar-refractivity contribution in [2.45, 2.75) is 32.8 Å². The first kappa shape index (κ1) is 10.8. The Bertz CT molecular complexity index is 102. The predicted octanol–water partition coefficient (Wildman–Crippen LogP) is 1.53. The smallest absolute Gasteiger partial charge is 0.0892 e. The van der Waals surface area contributed by atoms with E-state index in [2.05, 4.69) is 0 Å². The first-order valence-electron chi connectivity index (χ1n) is 3.63. The van der Waals surface area contributed by atoms with Crippen molar-refractivity contribution in [3.8, 4) is 0 Å². The third kappa shape index (κ3) is 4.31. The second kappa shape index (κ2) is 4.66. The highest BCUT2D eigenvalue weighted by molar-refractivity contribution is 4.62. The third-order valence-corrected chi connectivity index (χ3v) is 1.47. The summed E-state index contributed by atoms with van der Waals surface area (Å²) in [5.74, 6) is 0. The van der Waals surface area contributed by atoms with Crippen LogP contribution >= 0.6 is 0 Å². The van der Waals surface area contributed by atoms with Crippen LogP contribution in [0.4, 0.5) is 0 Å². The summed E-state index contributed by atoms with van der Waals surface area (Å²) in [6.45, 7) is 5.94. The van der Waals surface area contributed by atoms with Gasteiger partial charge < -0.3 is 0 Å². The fourth-order valence-corrected chi connectivity index (χ4v) is 0.415. The lowest BCUT2D eigenvalue weighted by molar-refractivity contribution is -0.533. The van der Waals surface area contributed by atoms with Gasteiger partial charge in [-0.25, -0.2) is 4.84 Å². The zero-order chi connectivity index (χ0) is 8.91. The molecule has 0 N–H and O–H groups in total. The molecule has 0 aromatic rings. The molecule has 0 fully saturated rings. The quantitative estimate of drug-likeness (QED) is 0.575. The molecule has 0 rings (SSSR count). The molecular formula is C7H17NO3. The highest BCUT2D eigenvalue weighted by Gasteiger charge is 2.20. The van der Waals surface area contributed by atoms with Crippen molar-refractivity contribution in [1.29, 1.82) is 0 Å². The molecule has 0 radical (unpaired) electrons. The van der Waals surface area contributed by atoms with Crippen LogP contribution in [0.1, 0.15) is 27.2 Å². The van der Waals surface area contributed by atoms with E-state index in [-0.39, 0.29) is 5.60 Å². The van der Waals surface area contributed by atoms with E-state index in [0.717, 1.165) is 11.8 Å². The van der Waals surface area contributed by atoms with Gasteiger partial charge in [0.1, 0.15) is 0 Å². The minimum atomic E-state index is -0.258. The number of rotatable bonds is 5. The molecule has 11 heavy (non-hydrogen) atoms. The first-order valence-corrected chi connectivity index (χ1v) is 3.63. The van der Waals surface area contributed by atoms with Crippen molar-refractivity contribution in [2.75, 3.05) is 14.2 Å². The van der Waals surface area contributed by atoms with Gasteiger partial charge in [0.05, 0.1) is 25.2 Å². The van der Waals surface area contributed by atoms with Crippen LogP contribution in [-0.4, -0.2) is 25.2 Å². The van der Waals surface area contributed by atoms with Gasteiger partial charge >= 0.3 is 0 Å². The normalized spacial score (nSPS) is 12.5. The zero-order valence-electron chi connectivity index (χ0n) is 7.88. The molecule has 0 heterocycles. The molecule has 0 aliphatic heterocycles. The zero-order valence-corrected chi connectivity index (χ0v) is 7.88. The van der Waals surface area contributed by atoms with Crippen molar-refractivity contribution in [3.05, 3.63) is 0 Å². The van der Waals surface area contributed by atoms with Gasteiger partial charge in [0, 0.05) is 0 Å². The monoisotopic (exact) mass is 163 g/mol. The summed E-state index contributed by atoms with van der Waals surface area (Å²) in [4.78, 5) is 14.7. The van der Waals surface area contributed by atoms with E-state index in [4.69, 9.17) is 14.5 Å². The Hall–Kier alpha value is -0.160. The molecule has 0 aliphatic carbocycles. The second-order valence-corrected chi connectivity index (χ2v) is 2.79. The number of hydrogen-bond donors (Lipinski definition) is 0. The Balaban J connectivity index is 3.79. The lowest BCUT2D eigenvalue weighted by Gasteiger charge is -2.27. The maximum absolute atomic E-state index is 5.27. The Labute approximate surface area is 67.9 Å².